The first-order chi connectivity index (χ1) is 8.38. The van der Waals surface area contributed by atoms with E-state index in [0.29, 0.717) is 0 Å². The number of nitrogens with one attached hydrogen (secondary N) is 2. The topological polar surface area (TPSA) is 83.1 Å². The summed E-state index contributed by atoms with van der Waals surface area (Å²) in [7, 11) is 0. The molecule has 0 aliphatic carbocycles. The minimum absolute atomic E-state index is 0.896. The zero-order valence-corrected chi connectivity index (χ0v) is 9.33. The Balaban J connectivity index is 0.000000181. The molecule has 6 nitrogen and oxygen atoms in total. The molecule has 2 aromatic heterocycles. The third-order valence-corrected chi connectivity index (χ3v) is 2.17. The van der Waals surface area contributed by atoms with E-state index < -0.39 is 0 Å². The van der Waals surface area contributed by atoms with Crippen molar-refractivity contribution in [2.45, 2.75) is 6.92 Å². The molecule has 0 radical (unpaired) electrons. The van der Waals surface area contributed by atoms with Gasteiger partial charge in [0.1, 0.15) is 18.3 Å². The number of hydrogen-bond acceptors (Lipinski definition) is 4. The van der Waals surface area contributed by atoms with E-state index in [9.17, 15) is 0 Å². The van der Waals surface area contributed by atoms with E-state index in [0.717, 1.165) is 11.3 Å². The summed E-state index contributed by atoms with van der Waals surface area (Å²) >= 11 is 0. The van der Waals surface area contributed by atoms with E-state index in [-0.39, 0.29) is 0 Å². The fourth-order valence-electron chi connectivity index (χ4n) is 1.36. The number of benzene rings is 1. The second-order valence-corrected chi connectivity index (χ2v) is 3.33. The summed E-state index contributed by atoms with van der Waals surface area (Å²) in [6, 6.07) is 8.10. The van der Waals surface area contributed by atoms with Gasteiger partial charge in [-0.05, 0) is 12.5 Å². The molecule has 0 aliphatic heterocycles. The number of aromatic amines is 2. The third kappa shape index (κ3) is 2.97. The van der Waals surface area contributed by atoms with Crippen LogP contribution in [0.3, 0.4) is 0 Å². The van der Waals surface area contributed by atoms with Crippen LogP contribution in [0, 0.1) is 6.92 Å². The van der Waals surface area contributed by atoms with E-state index in [4.69, 9.17) is 0 Å². The van der Waals surface area contributed by atoms with Crippen molar-refractivity contribution < 1.29 is 0 Å². The molecule has 17 heavy (non-hydrogen) atoms. The van der Waals surface area contributed by atoms with Crippen LogP contribution in [-0.2, 0) is 0 Å². The smallest absolute Gasteiger partial charge is 0.137 e. The van der Waals surface area contributed by atoms with Crippen molar-refractivity contribution in [2.24, 2.45) is 0 Å². The van der Waals surface area contributed by atoms with Crippen LogP contribution in [0.15, 0.2) is 43.1 Å². The van der Waals surface area contributed by atoms with Gasteiger partial charge in [0.15, 0.2) is 0 Å². The Morgan fingerprint density at radius 3 is 2.53 bits per heavy atom. The number of aryl methyl sites for hydroxylation is 1. The van der Waals surface area contributed by atoms with Crippen molar-refractivity contribution in [2.75, 3.05) is 0 Å². The molecule has 0 saturated carbocycles. The van der Waals surface area contributed by atoms with Gasteiger partial charge in [-0.3, -0.25) is 10.2 Å². The van der Waals surface area contributed by atoms with Gasteiger partial charge >= 0.3 is 0 Å². The molecule has 0 aliphatic rings. The molecule has 3 rings (SSSR count). The second kappa shape index (κ2) is 5.55. The molecule has 2 heterocycles. The number of nitrogens with zero attached hydrogens (tertiary/aromatic N) is 4. The van der Waals surface area contributed by atoms with Gasteiger partial charge < -0.3 is 0 Å². The highest BCUT2D eigenvalue weighted by Crippen LogP contribution is 2.18. The summed E-state index contributed by atoms with van der Waals surface area (Å²) in [5.74, 6) is 0. The molecule has 0 amide bonds. The first-order valence-corrected chi connectivity index (χ1v) is 5.09. The Morgan fingerprint density at radius 2 is 2.00 bits per heavy atom. The Bertz CT molecular complexity index is 512. The molecule has 3 aromatic rings. The molecule has 0 saturated heterocycles. The zero-order valence-electron chi connectivity index (χ0n) is 9.33. The molecule has 0 bridgehead atoms. The van der Waals surface area contributed by atoms with E-state index >= 15 is 0 Å². The maximum absolute atomic E-state index is 3.94. The Hall–Kier alpha value is -2.50. The van der Waals surface area contributed by atoms with Crippen molar-refractivity contribution in [3.05, 3.63) is 48.7 Å². The van der Waals surface area contributed by atoms with Crippen LogP contribution in [0.1, 0.15) is 5.56 Å². The van der Waals surface area contributed by atoms with Gasteiger partial charge in [0.25, 0.3) is 0 Å². The fraction of sp³-hybridized carbons (Fsp3) is 0.0909. The highest BCUT2D eigenvalue weighted by Gasteiger charge is 2.01. The molecule has 0 spiro atoms. The van der Waals surface area contributed by atoms with E-state index in [1.807, 2.05) is 18.2 Å². The van der Waals surface area contributed by atoms with Crippen molar-refractivity contribution in [3.8, 4) is 11.3 Å². The van der Waals surface area contributed by atoms with Crippen LogP contribution in [-0.4, -0.2) is 30.6 Å². The highest BCUT2D eigenvalue weighted by atomic mass is 15.3. The standard InChI is InChI=1S/C9H9N3.C2H3N3/c1-7-4-2-3-5-8(7)9-6-10-12-11-9;1-3-2-5-4-1/h2-6H,1H3,(H,10,11,12);1-2H,(H,3,4,5). The van der Waals surface area contributed by atoms with Gasteiger partial charge in [-0.1, -0.05) is 29.5 Å². The van der Waals surface area contributed by atoms with E-state index in [2.05, 4.69) is 43.6 Å². The van der Waals surface area contributed by atoms with Crippen LogP contribution in [0.5, 0.6) is 0 Å². The first kappa shape index (κ1) is 11.0. The molecule has 0 atom stereocenters. The lowest BCUT2D eigenvalue weighted by Crippen LogP contribution is -1.81. The van der Waals surface area contributed by atoms with Gasteiger partial charge in [-0.15, -0.1) is 5.10 Å². The number of rotatable bonds is 1. The lowest BCUT2D eigenvalue weighted by Gasteiger charge is -1.98. The van der Waals surface area contributed by atoms with Crippen LogP contribution in [0.4, 0.5) is 0 Å². The average Bonchev–Trinajstić information content (AvgIpc) is 3.06. The Labute approximate surface area is 98.1 Å². The molecule has 6 heteroatoms. The zero-order chi connectivity index (χ0) is 11.9. The summed E-state index contributed by atoms with van der Waals surface area (Å²) in [6.07, 6.45) is 4.75. The Morgan fingerprint density at radius 1 is 1.12 bits per heavy atom. The maximum atomic E-state index is 3.94. The Kier molecular flexibility index (Phi) is 3.59. The van der Waals surface area contributed by atoms with Crippen LogP contribution >= 0.6 is 0 Å². The summed E-state index contributed by atoms with van der Waals surface area (Å²) in [6.45, 7) is 2.06. The van der Waals surface area contributed by atoms with E-state index in [1.165, 1.54) is 18.2 Å². The summed E-state index contributed by atoms with van der Waals surface area (Å²) in [5.41, 5.74) is 3.24. The lowest BCUT2D eigenvalue weighted by atomic mass is 10.1. The molecular formula is C11H12N6. The van der Waals surface area contributed by atoms with Crippen LogP contribution < -0.4 is 0 Å². The predicted molar refractivity (Wildman–Crippen MR) is 62.9 cm³/mol. The largest absolute Gasteiger partial charge is 0.266 e. The maximum Gasteiger partial charge on any atom is 0.137 e. The minimum atomic E-state index is 0.896. The second-order valence-electron chi connectivity index (χ2n) is 3.33. The number of H-pyrrole nitrogens is 2. The van der Waals surface area contributed by atoms with Gasteiger partial charge in [0, 0.05) is 11.8 Å². The number of aromatic nitrogens is 6. The highest BCUT2D eigenvalue weighted by molar-refractivity contribution is 5.61. The summed E-state index contributed by atoms with van der Waals surface area (Å²) in [4.78, 5) is 3.56. The molecule has 86 valence electrons. The summed E-state index contributed by atoms with van der Waals surface area (Å²) in [5, 5.41) is 16.3. The molecule has 1 aromatic carbocycles. The number of hydrogen-bond donors (Lipinski definition) is 2. The van der Waals surface area contributed by atoms with Crippen LogP contribution in [0.2, 0.25) is 0 Å². The predicted octanol–water partition coefficient (Wildman–Crippen LogP) is 1.58. The first-order valence-electron chi connectivity index (χ1n) is 5.09. The van der Waals surface area contributed by atoms with E-state index in [1.54, 1.807) is 6.20 Å². The van der Waals surface area contributed by atoms with Crippen molar-refractivity contribution in [1.82, 2.24) is 30.6 Å². The minimum Gasteiger partial charge on any atom is -0.266 e. The summed E-state index contributed by atoms with van der Waals surface area (Å²) < 4.78 is 0. The monoisotopic (exact) mass is 228 g/mol. The third-order valence-electron chi connectivity index (χ3n) is 2.17. The van der Waals surface area contributed by atoms with Gasteiger partial charge in [0.2, 0.25) is 0 Å². The molecule has 0 fully saturated rings. The van der Waals surface area contributed by atoms with Gasteiger partial charge in [-0.2, -0.15) is 5.10 Å². The molecule has 2 N–H and O–H groups in total. The van der Waals surface area contributed by atoms with Crippen molar-refractivity contribution >= 4 is 0 Å². The van der Waals surface area contributed by atoms with Gasteiger partial charge in [0.05, 0.1) is 0 Å². The quantitative estimate of drug-likeness (QED) is 0.662. The van der Waals surface area contributed by atoms with Crippen molar-refractivity contribution in [3.63, 3.8) is 0 Å². The molecule has 0 unspecified atom stereocenters. The fourth-order valence-corrected chi connectivity index (χ4v) is 1.36. The molecular weight excluding hydrogens is 216 g/mol. The van der Waals surface area contributed by atoms with Crippen LogP contribution in [0.25, 0.3) is 11.3 Å². The normalized spacial score (nSPS) is 9.47. The van der Waals surface area contributed by atoms with Gasteiger partial charge in [-0.25, -0.2) is 4.98 Å². The lowest BCUT2D eigenvalue weighted by molar-refractivity contribution is 0.942. The SMILES string of the molecule is Cc1ccccc1-c1c[nH]nn1.c1nc[nH]n1. The van der Waals surface area contributed by atoms with Crippen molar-refractivity contribution in [1.29, 1.82) is 0 Å². The average molecular weight is 228 g/mol.